The molecule has 3 aliphatic heterocycles. The Morgan fingerprint density at radius 2 is 1.59 bits per heavy atom. The van der Waals surface area contributed by atoms with Crippen molar-refractivity contribution in [3.63, 3.8) is 0 Å². The number of hydrogen-bond donors (Lipinski definition) is 1. The molecule has 1 aromatic carbocycles. The van der Waals surface area contributed by atoms with Gasteiger partial charge in [0.1, 0.15) is 41.7 Å². The van der Waals surface area contributed by atoms with E-state index in [0.717, 1.165) is 11.1 Å². The van der Waals surface area contributed by atoms with E-state index in [1.54, 1.807) is 48.8 Å². The molecule has 1 saturated heterocycles. The molecule has 0 aliphatic carbocycles. The Morgan fingerprint density at radius 1 is 0.870 bits per heavy atom. The minimum atomic E-state index is -0.697. The van der Waals surface area contributed by atoms with Gasteiger partial charge in [0.05, 0.1) is 6.54 Å². The van der Waals surface area contributed by atoms with Crippen LogP contribution in [0.25, 0.3) is 21.9 Å². The maximum atomic E-state index is 15.7. The van der Waals surface area contributed by atoms with Gasteiger partial charge in [0.15, 0.2) is 5.82 Å². The molecule has 15 heteroatoms. The zero-order valence-electron chi connectivity index (χ0n) is 31.9. The zero-order valence-corrected chi connectivity index (χ0v) is 31.9. The second kappa shape index (κ2) is 14.1. The number of anilines is 3. The summed E-state index contributed by atoms with van der Waals surface area (Å²) >= 11 is 0. The molecule has 1 fully saturated rings. The molecule has 54 heavy (non-hydrogen) atoms. The smallest absolute Gasteiger partial charge is 0.415 e. The number of carbonyl (C=O) groups is 3. The SMILES string of the molecule is Cc1c(-c2cc3cc(Nc4cc5n(n4)CC(=O)N(C4CCN(C(=O)OC(C)(C)C)CC4)CC5)ncc3cc2F)cnc2c1N(C(=O)OC(C)(C)C)CCO2. The molecule has 0 radical (unpaired) electrons. The van der Waals surface area contributed by atoms with E-state index in [0.29, 0.717) is 84.2 Å². The van der Waals surface area contributed by atoms with Gasteiger partial charge in [0.2, 0.25) is 11.8 Å². The molecule has 3 amide bonds. The number of aromatic nitrogens is 4. The first-order valence-electron chi connectivity index (χ1n) is 18.4. The monoisotopic (exact) mass is 742 g/mol. The fourth-order valence-electron chi connectivity index (χ4n) is 7.19. The summed E-state index contributed by atoms with van der Waals surface area (Å²) < 4.78 is 34.4. The molecule has 1 N–H and O–H groups in total. The average Bonchev–Trinajstić information content (AvgIpc) is 3.39. The second-order valence-electron chi connectivity index (χ2n) is 16.0. The summed E-state index contributed by atoms with van der Waals surface area (Å²) in [7, 11) is 0. The highest BCUT2D eigenvalue weighted by Gasteiger charge is 2.34. The van der Waals surface area contributed by atoms with Crippen LogP contribution in [0.5, 0.6) is 5.88 Å². The lowest BCUT2D eigenvalue weighted by atomic mass is 9.98. The highest BCUT2D eigenvalue weighted by molar-refractivity contribution is 5.95. The van der Waals surface area contributed by atoms with E-state index in [9.17, 15) is 14.4 Å². The van der Waals surface area contributed by atoms with Crippen LogP contribution in [0.2, 0.25) is 0 Å². The van der Waals surface area contributed by atoms with Gasteiger partial charge in [-0.05, 0) is 90.5 Å². The molecule has 4 aromatic rings. The fourth-order valence-corrected chi connectivity index (χ4v) is 7.19. The van der Waals surface area contributed by atoms with Gasteiger partial charge in [-0.15, -0.1) is 0 Å². The number of nitrogens with one attached hydrogen (secondary N) is 1. The van der Waals surface area contributed by atoms with Gasteiger partial charge < -0.3 is 29.3 Å². The fraction of sp³-hybridized carbons (Fsp3) is 0.487. The first-order valence-corrected chi connectivity index (χ1v) is 18.4. The largest absolute Gasteiger partial charge is 0.474 e. The second-order valence-corrected chi connectivity index (χ2v) is 16.0. The van der Waals surface area contributed by atoms with Gasteiger partial charge in [0.25, 0.3) is 0 Å². The predicted octanol–water partition coefficient (Wildman–Crippen LogP) is 6.60. The van der Waals surface area contributed by atoms with Gasteiger partial charge in [-0.25, -0.2) is 23.9 Å². The Balaban J connectivity index is 1.06. The Morgan fingerprint density at radius 3 is 2.31 bits per heavy atom. The van der Waals surface area contributed by atoms with Crippen molar-refractivity contribution in [2.75, 3.05) is 43.0 Å². The average molecular weight is 743 g/mol. The van der Waals surface area contributed by atoms with Crippen molar-refractivity contribution in [2.24, 2.45) is 0 Å². The van der Waals surface area contributed by atoms with Crippen molar-refractivity contribution in [3.05, 3.63) is 53.7 Å². The van der Waals surface area contributed by atoms with Crippen LogP contribution in [0.4, 0.5) is 31.3 Å². The molecule has 3 aliphatic rings. The van der Waals surface area contributed by atoms with Crippen LogP contribution < -0.4 is 15.0 Å². The minimum absolute atomic E-state index is 0.00903. The molecule has 0 unspecified atom stereocenters. The highest BCUT2D eigenvalue weighted by Crippen LogP contribution is 2.40. The van der Waals surface area contributed by atoms with Gasteiger partial charge in [-0.3, -0.25) is 14.4 Å². The number of pyridine rings is 2. The third-order valence-electron chi connectivity index (χ3n) is 9.70. The third-order valence-corrected chi connectivity index (χ3v) is 9.70. The quantitative estimate of drug-likeness (QED) is 0.243. The van der Waals surface area contributed by atoms with E-state index in [4.69, 9.17) is 14.2 Å². The van der Waals surface area contributed by atoms with Crippen molar-refractivity contribution in [1.82, 2.24) is 29.5 Å². The molecule has 0 bridgehead atoms. The lowest BCUT2D eigenvalue weighted by Crippen LogP contribution is -2.50. The molecular weight excluding hydrogens is 695 g/mol. The number of likely N-dealkylation sites (tertiary alicyclic amines) is 1. The molecular formula is C39H47FN8O6. The van der Waals surface area contributed by atoms with E-state index in [-0.39, 0.29) is 37.7 Å². The summed E-state index contributed by atoms with van der Waals surface area (Å²) in [5.41, 5.74) is 1.59. The Hall–Kier alpha value is -5.47. The molecule has 286 valence electrons. The number of piperidine rings is 1. The number of amides is 3. The third kappa shape index (κ3) is 7.75. The van der Waals surface area contributed by atoms with Crippen LogP contribution in [0.1, 0.15) is 65.6 Å². The van der Waals surface area contributed by atoms with E-state index < -0.39 is 23.1 Å². The molecule has 0 spiro atoms. The van der Waals surface area contributed by atoms with Crippen molar-refractivity contribution in [1.29, 1.82) is 0 Å². The van der Waals surface area contributed by atoms with Crippen LogP contribution in [-0.4, -0.2) is 97.7 Å². The number of halogens is 1. The summed E-state index contributed by atoms with van der Waals surface area (Å²) in [5.74, 6) is 0.871. The number of carbonyl (C=O) groups excluding carboxylic acids is 3. The van der Waals surface area contributed by atoms with Crippen LogP contribution in [0, 0.1) is 12.7 Å². The van der Waals surface area contributed by atoms with Crippen LogP contribution >= 0.6 is 0 Å². The van der Waals surface area contributed by atoms with E-state index in [1.165, 1.54) is 11.0 Å². The maximum absolute atomic E-state index is 15.7. The van der Waals surface area contributed by atoms with Gasteiger partial charge >= 0.3 is 12.2 Å². The lowest BCUT2D eigenvalue weighted by molar-refractivity contribution is -0.134. The molecule has 3 aromatic heterocycles. The minimum Gasteiger partial charge on any atom is -0.474 e. The van der Waals surface area contributed by atoms with E-state index in [2.05, 4.69) is 20.4 Å². The van der Waals surface area contributed by atoms with Crippen LogP contribution in [0.15, 0.2) is 36.7 Å². The summed E-state index contributed by atoms with van der Waals surface area (Å²) in [4.78, 5) is 53.2. The number of nitrogens with zero attached hydrogens (tertiary/aromatic N) is 7. The predicted molar refractivity (Wildman–Crippen MR) is 200 cm³/mol. The van der Waals surface area contributed by atoms with Crippen molar-refractivity contribution in [2.45, 2.75) is 91.5 Å². The highest BCUT2D eigenvalue weighted by atomic mass is 19.1. The number of rotatable bonds is 4. The number of ether oxygens (including phenoxy) is 3. The summed E-state index contributed by atoms with van der Waals surface area (Å²) in [6.07, 6.45) is 4.34. The standard InChI is InChI=1S/C39H47FN8O6/c1-23-29(21-42-35-34(23)47(14-15-52-35)37(51)54-39(5,6)7)28-16-24-18-31(41-20-25(24)17-30(28)40)43-32-19-27-10-13-46(33(49)22-48(27)44-32)26-8-11-45(12-9-26)36(50)53-38(2,3)4/h16-21,26H,8-15,22H2,1-7H3,(H,41,43,44). The lowest BCUT2D eigenvalue weighted by Gasteiger charge is -2.38. The van der Waals surface area contributed by atoms with Gasteiger partial charge in [-0.2, -0.15) is 5.10 Å². The van der Waals surface area contributed by atoms with Crippen LogP contribution in [-0.2, 0) is 27.2 Å². The van der Waals surface area contributed by atoms with Crippen molar-refractivity contribution in [3.8, 4) is 17.0 Å². The van der Waals surface area contributed by atoms with E-state index in [1.807, 2.05) is 44.7 Å². The summed E-state index contributed by atoms with van der Waals surface area (Å²) in [6.45, 7) is 15.1. The van der Waals surface area contributed by atoms with Crippen molar-refractivity contribution >= 4 is 46.2 Å². The number of hydrogen-bond acceptors (Lipinski definition) is 10. The van der Waals surface area contributed by atoms with Gasteiger partial charge in [-0.1, -0.05) is 0 Å². The topological polar surface area (TPSA) is 144 Å². The first kappa shape index (κ1) is 36.9. The maximum Gasteiger partial charge on any atom is 0.415 e. The van der Waals surface area contributed by atoms with Crippen LogP contribution in [0.3, 0.4) is 0 Å². The Kier molecular flexibility index (Phi) is 9.60. The normalized spacial score (nSPS) is 16.7. The molecule has 0 atom stereocenters. The molecule has 14 nitrogen and oxygen atoms in total. The van der Waals surface area contributed by atoms with E-state index >= 15 is 4.39 Å². The summed E-state index contributed by atoms with van der Waals surface area (Å²) in [5, 5.41) is 9.28. The number of fused-ring (bicyclic) bond motifs is 3. The van der Waals surface area contributed by atoms with Gasteiger partial charge in [0, 0.05) is 72.8 Å². The molecule has 6 heterocycles. The Labute approximate surface area is 313 Å². The number of benzene rings is 1. The molecule has 0 saturated carbocycles. The first-order chi connectivity index (χ1) is 25.5. The summed E-state index contributed by atoms with van der Waals surface area (Å²) in [6, 6.07) is 6.96. The van der Waals surface area contributed by atoms with Crippen molar-refractivity contribution < 1.29 is 33.0 Å². The molecule has 7 rings (SSSR count). The zero-order chi connectivity index (χ0) is 38.5. The Bertz CT molecular complexity index is 2110.